The number of amides is 1. The fraction of sp³-hybridized carbons (Fsp3) is 0.0800. The van der Waals surface area contributed by atoms with Crippen LogP contribution in [-0.2, 0) is 0 Å². The molecule has 0 saturated carbocycles. The summed E-state index contributed by atoms with van der Waals surface area (Å²) in [4.78, 5) is 35.7. The quantitative estimate of drug-likeness (QED) is 0.407. The summed E-state index contributed by atoms with van der Waals surface area (Å²) in [6, 6.07) is 17.0. The number of nitrogen functional groups attached to an aromatic ring is 1. The Kier molecular flexibility index (Phi) is 5.03. The van der Waals surface area contributed by atoms with Gasteiger partial charge in [-0.25, -0.2) is 14.5 Å². The average Bonchev–Trinajstić information content (AvgIpc) is 3.19. The van der Waals surface area contributed by atoms with E-state index in [0.717, 1.165) is 0 Å². The van der Waals surface area contributed by atoms with E-state index in [1.54, 1.807) is 49.4 Å². The number of aromatic nitrogens is 5. The number of hydrogen-bond donors (Lipinski definition) is 2. The van der Waals surface area contributed by atoms with Crippen molar-refractivity contribution in [3.8, 4) is 18.0 Å². The number of carbonyl (C=O) groups is 1. The first-order valence-electron chi connectivity index (χ1n) is 10.5. The Balaban J connectivity index is 1.65. The summed E-state index contributed by atoms with van der Waals surface area (Å²) in [7, 11) is 0. The molecule has 3 aromatic heterocycles. The number of nitrogens with two attached hydrogens (primary N) is 1. The van der Waals surface area contributed by atoms with Crippen LogP contribution in [0.1, 0.15) is 34.8 Å². The maximum atomic E-state index is 13.6. The predicted octanol–water partition coefficient (Wildman–Crippen LogP) is 2.48. The molecule has 0 bridgehead atoms. The van der Waals surface area contributed by atoms with Gasteiger partial charge >= 0.3 is 0 Å². The van der Waals surface area contributed by atoms with Gasteiger partial charge in [-0.05, 0) is 43.3 Å². The van der Waals surface area contributed by atoms with Gasteiger partial charge in [-0.15, -0.1) is 6.42 Å². The van der Waals surface area contributed by atoms with E-state index in [1.807, 2.05) is 18.2 Å². The fourth-order valence-corrected chi connectivity index (χ4v) is 3.93. The molecule has 0 aliphatic heterocycles. The fourth-order valence-electron chi connectivity index (χ4n) is 3.93. The van der Waals surface area contributed by atoms with Crippen molar-refractivity contribution in [1.82, 2.24) is 29.5 Å². The molecule has 1 unspecified atom stereocenters. The summed E-state index contributed by atoms with van der Waals surface area (Å²) < 4.78 is 2.83. The number of rotatable bonds is 4. The molecule has 0 radical (unpaired) electrons. The Morgan fingerprint density at radius 3 is 2.65 bits per heavy atom. The molecule has 2 aromatic carbocycles. The first-order chi connectivity index (χ1) is 16.5. The average molecular weight is 449 g/mol. The number of terminal acetylenes is 1. The lowest BCUT2D eigenvalue weighted by molar-refractivity contribution is 0.0931. The van der Waals surface area contributed by atoms with Crippen LogP contribution < -0.4 is 16.6 Å². The van der Waals surface area contributed by atoms with Gasteiger partial charge in [-0.1, -0.05) is 30.2 Å². The van der Waals surface area contributed by atoms with E-state index in [-0.39, 0.29) is 17.1 Å². The van der Waals surface area contributed by atoms with Crippen molar-refractivity contribution in [2.45, 2.75) is 13.0 Å². The summed E-state index contributed by atoms with van der Waals surface area (Å²) in [6.07, 6.45) is 7.18. The van der Waals surface area contributed by atoms with Crippen molar-refractivity contribution in [3.05, 3.63) is 94.3 Å². The summed E-state index contributed by atoms with van der Waals surface area (Å²) >= 11 is 0. The van der Waals surface area contributed by atoms with E-state index in [0.29, 0.717) is 33.6 Å². The van der Waals surface area contributed by atoms with Crippen LogP contribution in [0.5, 0.6) is 0 Å². The van der Waals surface area contributed by atoms with Gasteiger partial charge in [-0.2, -0.15) is 5.10 Å². The minimum absolute atomic E-state index is 0.0500. The second-order valence-corrected chi connectivity index (χ2v) is 7.62. The van der Waals surface area contributed by atoms with Gasteiger partial charge in [-0.3, -0.25) is 14.2 Å². The summed E-state index contributed by atoms with van der Waals surface area (Å²) in [5, 5.41) is 7.39. The van der Waals surface area contributed by atoms with Gasteiger partial charge in [0.25, 0.3) is 11.5 Å². The van der Waals surface area contributed by atoms with Crippen molar-refractivity contribution in [2.75, 3.05) is 5.73 Å². The van der Waals surface area contributed by atoms with Gasteiger partial charge in [0.15, 0.2) is 17.2 Å². The minimum atomic E-state index is -0.673. The highest BCUT2D eigenvalue weighted by Crippen LogP contribution is 2.21. The molecule has 0 aliphatic rings. The summed E-state index contributed by atoms with van der Waals surface area (Å²) in [5.74, 6) is 2.45. The molecule has 166 valence electrons. The van der Waals surface area contributed by atoms with Crippen LogP contribution in [0.15, 0.2) is 71.7 Å². The zero-order valence-electron chi connectivity index (χ0n) is 18.1. The van der Waals surface area contributed by atoms with Crippen molar-refractivity contribution >= 4 is 28.3 Å². The standard InChI is InChI=1S/C25H19N7O2/c1-3-16-9-7-12-18-20(16)25(34)31(17-10-5-4-6-11-17)23(29-18)15(2)28-24(33)21-22(26)30-19-13-8-14-27-32(19)21/h1,4-15H,26H2,2H3,(H,28,33). The molecule has 34 heavy (non-hydrogen) atoms. The summed E-state index contributed by atoms with van der Waals surface area (Å²) in [5.41, 5.74) is 7.72. The van der Waals surface area contributed by atoms with Gasteiger partial charge in [0.2, 0.25) is 0 Å². The zero-order chi connectivity index (χ0) is 23.8. The predicted molar refractivity (Wildman–Crippen MR) is 129 cm³/mol. The highest BCUT2D eigenvalue weighted by atomic mass is 16.2. The van der Waals surface area contributed by atoms with Gasteiger partial charge in [0, 0.05) is 11.8 Å². The molecule has 9 nitrogen and oxygen atoms in total. The van der Waals surface area contributed by atoms with Crippen LogP contribution in [0, 0.1) is 12.3 Å². The number of fused-ring (bicyclic) bond motifs is 2. The van der Waals surface area contributed by atoms with Crippen LogP contribution in [0.2, 0.25) is 0 Å². The Morgan fingerprint density at radius 1 is 1.09 bits per heavy atom. The van der Waals surface area contributed by atoms with E-state index < -0.39 is 11.9 Å². The first-order valence-corrected chi connectivity index (χ1v) is 10.5. The van der Waals surface area contributed by atoms with Crippen molar-refractivity contribution in [2.24, 2.45) is 0 Å². The lowest BCUT2D eigenvalue weighted by Crippen LogP contribution is -2.34. The van der Waals surface area contributed by atoms with Gasteiger partial charge < -0.3 is 11.1 Å². The van der Waals surface area contributed by atoms with Crippen LogP contribution in [0.3, 0.4) is 0 Å². The molecule has 5 aromatic rings. The largest absolute Gasteiger partial charge is 0.382 e. The number of hydrogen-bond acceptors (Lipinski definition) is 6. The van der Waals surface area contributed by atoms with Crippen molar-refractivity contribution < 1.29 is 4.79 Å². The number of nitrogens with zero attached hydrogens (tertiary/aromatic N) is 5. The third-order valence-electron chi connectivity index (χ3n) is 5.46. The molecule has 0 fully saturated rings. The van der Waals surface area contributed by atoms with Gasteiger partial charge in [0.1, 0.15) is 5.82 Å². The lowest BCUT2D eigenvalue weighted by atomic mass is 10.1. The maximum absolute atomic E-state index is 13.6. The molecule has 0 saturated heterocycles. The Bertz CT molecular complexity index is 1660. The second-order valence-electron chi connectivity index (χ2n) is 7.62. The SMILES string of the molecule is C#Cc1cccc2nc(C(C)NC(=O)c3c(N)nc4cccnn34)n(-c3ccccc3)c(=O)c12. The topological polar surface area (TPSA) is 120 Å². The van der Waals surface area contributed by atoms with Crippen molar-refractivity contribution in [1.29, 1.82) is 0 Å². The van der Waals surface area contributed by atoms with Crippen LogP contribution in [0.4, 0.5) is 5.82 Å². The van der Waals surface area contributed by atoms with Crippen LogP contribution in [0.25, 0.3) is 22.2 Å². The van der Waals surface area contributed by atoms with Crippen molar-refractivity contribution in [3.63, 3.8) is 0 Å². The Hall–Kier alpha value is -4.97. The highest BCUT2D eigenvalue weighted by molar-refractivity contribution is 5.98. The van der Waals surface area contributed by atoms with E-state index in [1.165, 1.54) is 15.3 Å². The molecule has 0 aliphatic carbocycles. The van der Waals surface area contributed by atoms with Crippen LogP contribution >= 0.6 is 0 Å². The van der Waals surface area contributed by atoms with E-state index in [4.69, 9.17) is 17.1 Å². The molecule has 9 heteroatoms. The lowest BCUT2D eigenvalue weighted by Gasteiger charge is -2.20. The molecular weight excluding hydrogens is 430 g/mol. The molecule has 1 amide bonds. The minimum Gasteiger partial charge on any atom is -0.382 e. The Labute approximate surface area is 193 Å². The smallest absolute Gasteiger partial charge is 0.274 e. The van der Waals surface area contributed by atoms with Gasteiger partial charge in [0.05, 0.1) is 22.6 Å². The number of nitrogens with one attached hydrogen (secondary N) is 1. The van der Waals surface area contributed by atoms with E-state index in [9.17, 15) is 9.59 Å². The molecule has 1 atom stereocenters. The molecule has 0 spiro atoms. The number of carbonyl (C=O) groups excluding carboxylic acids is 1. The molecule has 3 N–H and O–H groups in total. The Morgan fingerprint density at radius 2 is 1.88 bits per heavy atom. The van der Waals surface area contributed by atoms with E-state index >= 15 is 0 Å². The number of benzene rings is 2. The number of imidazole rings is 1. The van der Waals surface area contributed by atoms with E-state index in [2.05, 4.69) is 21.3 Å². The zero-order valence-corrected chi connectivity index (χ0v) is 18.1. The molecule has 3 heterocycles. The monoisotopic (exact) mass is 449 g/mol. The second kappa shape index (κ2) is 8.18. The third kappa shape index (κ3) is 3.34. The molecule has 5 rings (SSSR count). The highest BCUT2D eigenvalue weighted by Gasteiger charge is 2.24. The molecular formula is C25H19N7O2. The first kappa shape index (κ1) is 20.9. The normalized spacial score (nSPS) is 11.9. The third-order valence-corrected chi connectivity index (χ3v) is 5.46. The number of para-hydroxylation sites is 1. The maximum Gasteiger partial charge on any atom is 0.274 e. The number of anilines is 1. The van der Waals surface area contributed by atoms with Crippen LogP contribution in [-0.4, -0.2) is 30.1 Å². The summed E-state index contributed by atoms with van der Waals surface area (Å²) in [6.45, 7) is 1.74.